The number of hydrogen-bond acceptors (Lipinski definition) is 4. The van der Waals surface area contributed by atoms with Gasteiger partial charge in [0.15, 0.2) is 0 Å². The van der Waals surface area contributed by atoms with E-state index in [-0.39, 0.29) is 23.8 Å². The van der Waals surface area contributed by atoms with Crippen molar-refractivity contribution in [3.05, 3.63) is 34.4 Å². The van der Waals surface area contributed by atoms with Crippen molar-refractivity contribution in [3.8, 4) is 0 Å². The number of para-hydroxylation sites is 2. The van der Waals surface area contributed by atoms with Gasteiger partial charge in [-0.25, -0.2) is 4.79 Å². The number of benzene rings is 1. The third-order valence-corrected chi connectivity index (χ3v) is 3.79. The molecule has 2 rings (SSSR count). The third kappa shape index (κ3) is 6.22. The molecule has 0 aromatic heterocycles. The zero-order valence-electron chi connectivity index (χ0n) is 13.2. The van der Waals surface area contributed by atoms with Gasteiger partial charge in [0, 0.05) is 12.1 Å². The molecule has 10 heteroatoms. The maximum atomic E-state index is 12.2. The molecule has 0 radical (unpaired) electrons. The van der Waals surface area contributed by atoms with Crippen LogP contribution in [0.1, 0.15) is 25.7 Å². The first-order valence-electron chi connectivity index (χ1n) is 7.74. The summed E-state index contributed by atoms with van der Waals surface area (Å²) in [6.07, 6.45) is -2.97. The zero-order valence-corrected chi connectivity index (χ0v) is 13.2. The highest BCUT2D eigenvalue weighted by Crippen LogP contribution is 2.25. The molecule has 1 aromatic rings. The van der Waals surface area contributed by atoms with Crippen LogP contribution in [-0.4, -0.2) is 35.9 Å². The van der Waals surface area contributed by atoms with E-state index in [1.807, 2.05) is 0 Å². The SMILES string of the molecule is O=C(Nc1ccccc1[N+](=O)[O-])N[C@H]1CCC[C@H](OCC(F)(F)F)C1. The summed E-state index contributed by atoms with van der Waals surface area (Å²) in [7, 11) is 0. The molecule has 1 aromatic carbocycles. The van der Waals surface area contributed by atoms with Gasteiger partial charge in [-0.3, -0.25) is 10.1 Å². The van der Waals surface area contributed by atoms with Gasteiger partial charge in [0.1, 0.15) is 12.3 Å². The average molecular weight is 361 g/mol. The predicted molar refractivity (Wildman–Crippen MR) is 83.3 cm³/mol. The Bertz CT molecular complexity index is 624. The topological polar surface area (TPSA) is 93.5 Å². The molecule has 1 aliphatic rings. The van der Waals surface area contributed by atoms with Gasteiger partial charge in [0.2, 0.25) is 0 Å². The van der Waals surface area contributed by atoms with Crippen molar-refractivity contribution in [2.45, 2.75) is 44.0 Å². The predicted octanol–water partition coefficient (Wildman–Crippen LogP) is 3.61. The number of halogens is 3. The van der Waals surface area contributed by atoms with Gasteiger partial charge >= 0.3 is 12.2 Å². The largest absolute Gasteiger partial charge is 0.411 e. The molecular weight excluding hydrogens is 343 g/mol. The second kappa shape index (κ2) is 8.15. The lowest BCUT2D eigenvalue weighted by molar-refractivity contribution is -0.383. The number of anilines is 1. The Kier molecular flexibility index (Phi) is 6.18. The van der Waals surface area contributed by atoms with E-state index in [4.69, 9.17) is 4.74 Å². The number of nitrogens with zero attached hydrogens (tertiary/aromatic N) is 1. The summed E-state index contributed by atoms with van der Waals surface area (Å²) in [4.78, 5) is 22.3. The quantitative estimate of drug-likeness (QED) is 0.619. The van der Waals surface area contributed by atoms with Crippen LogP contribution >= 0.6 is 0 Å². The maximum absolute atomic E-state index is 12.2. The third-order valence-electron chi connectivity index (χ3n) is 3.79. The van der Waals surface area contributed by atoms with E-state index in [0.29, 0.717) is 19.3 Å². The van der Waals surface area contributed by atoms with E-state index in [0.717, 1.165) is 0 Å². The van der Waals surface area contributed by atoms with Crippen LogP contribution in [0, 0.1) is 10.1 Å². The molecule has 138 valence electrons. The lowest BCUT2D eigenvalue weighted by Gasteiger charge is -2.30. The van der Waals surface area contributed by atoms with E-state index < -0.39 is 29.8 Å². The summed E-state index contributed by atoms with van der Waals surface area (Å²) in [6.45, 7) is -1.31. The number of nitro benzene ring substituents is 1. The lowest BCUT2D eigenvalue weighted by atomic mass is 9.93. The Morgan fingerprint density at radius 1 is 1.32 bits per heavy atom. The smallest absolute Gasteiger partial charge is 0.369 e. The average Bonchev–Trinajstić information content (AvgIpc) is 2.53. The molecule has 7 nitrogen and oxygen atoms in total. The van der Waals surface area contributed by atoms with Crippen LogP contribution in [0.3, 0.4) is 0 Å². The molecule has 0 spiro atoms. The molecule has 2 atom stereocenters. The summed E-state index contributed by atoms with van der Waals surface area (Å²) >= 11 is 0. The number of carbonyl (C=O) groups excluding carboxylic acids is 1. The lowest BCUT2D eigenvalue weighted by Crippen LogP contribution is -2.43. The van der Waals surface area contributed by atoms with Gasteiger partial charge in [-0.1, -0.05) is 12.1 Å². The fourth-order valence-corrected chi connectivity index (χ4v) is 2.72. The van der Waals surface area contributed by atoms with Crippen molar-refractivity contribution in [2.75, 3.05) is 11.9 Å². The number of rotatable bonds is 5. The Morgan fingerprint density at radius 3 is 2.72 bits per heavy atom. The van der Waals surface area contributed by atoms with E-state index in [1.54, 1.807) is 6.07 Å². The molecule has 0 bridgehead atoms. The van der Waals surface area contributed by atoms with Crippen LogP contribution in [0.15, 0.2) is 24.3 Å². The molecular formula is C15H18F3N3O4. The summed E-state index contributed by atoms with van der Waals surface area (Å²) < 4.78 is 41.5. The van der Waals surface area contributed by atoms with Crippen molar-refractivity contribution < 1.29 is 27.6 Å². The molecule has 0 saturated heterocycles. The molecule has 0 unspecified atom stereocenters. The molecule has 2 N–H and O–H groups in total. The number of hydrogen-bond donors (Lipinski definition) is 2. The minimum atomic E-state index is -4.38. The number of nitro groups is 1. The number of alkyl halides is 3. The highest BCUT2D eigenvalue weighted by molar-refractivity contribution is 5.91. The van der Waals surface area contributed by atoms with Crippen LogP contribution in [0.25, 0.3) is 0 Å². The Morgan fingerprint density at radius 2 is 2.04 bits per heavy atom. The van der Waals surface area contributed by atoms with Crippen molar-refractivity contribution in [2.24, 2.45) is 0 Å². The Hall–Kier alpha value is -2.36. The van der Waals surface area contributed by atoms with Gasteiger partial charge in [0.05, 0.1) is 11.0 Å². The first-order valence-corrected chi connectivity index (χ1v) is 7.74. The van der Waals surface area contributed by atoms with Crippen molar-refractivity contribution in [1.29, 1.82) is 0 Å². The first-order chi connectivity index (χ1) is 11.7. The molecule has 1 saturated carbocycles. The molecule has 1 aliphatic carbocycles. The van der Waals surface area contributed by atoms with Crippen molar-refractivity contribution in [1.82, 2.24) is 5.32 Å². The van der Waals surface area contributed by atoms with Gasteiger partial charge in [-0.05, 0) is 31.7 Å². The number of amides is 2. The Labute approximate surface area is 141 Å². The second-order valence-corrected chi connectivity index (χ2v) is 5.78. The highest BCUT2D eigenvalue weighted by atomic mass is 19.4. The van der Waals surface area contributed by atoms with Crippen LogP contribution in [0.4, 0.5) is 29.3 Å². The normalized spacial score (nSPS) is 20.8. The first kappa shape index (κ1) is 19.0. The monoisotopic (exact) mass is 361 g/mol. The van der Waals surface area contributed by atoms with Gasteiger partial charge < -0.3 is 15.4 Å². The van der Waals surface area contributed by atoms with Crippen molar-refractivity contribution in [3.63, 3.8) is 0 Å². The second-order valence-electron chi connectivity index (χ2n) is 5.78. The molecule has 0 aliphatic heterocycles. The van der Waals surface area contributed by atoms with E-state index in [1.165, 1.54) is 18.2 Å². The number of nitrogens with one attached hydrogen (secondary N) is 2. The fraction of sp³-hybridized carbons (Fsp3) is 0.533. The van der Waals surface area contributed by atoms with Gasteiger partial charge in [0.25, 0.3) is 5.69 Å². The zero-order chi connectivity index (χ0) is 18.4. The number of urea groups is 1. The molecule has 25 heavy (non-hydrogen) atoms. The maximum Gasteiger partial charge on any atom is 0.411 e. The molecule has 1 fully saturated rings. The number of carbonyl (C=O) groups is 1. The summed E-state index contributed by atoms with van der Waals surface area (Å²) in [5.41, 5.74) is -0.196. The standard InChI is InChI=1S/C15H18F3N3O4/c16-15(17,18)9-25-11-5-3-4-10(8-11)19-14(22)20-12-6-1-2-7-13(12)21(23)24/h1-2,6-7,10-11H,3-5,8-9H2,(H2,19,20,22)/t10-,11-/m0/s1. The Balaban J connectivity index is 1.87. The van der Waals surface area contributed by atoms with Crippen molar-refractivity contribution >= 4 is 17.4 Å². The van der Waals surface area contributed by atoms with Gasteiger partial charge in [-0.2, -0.15) is 13.2 Å². The van der Waals surface area contributed by atoms with E-state index in [9.17, 15) is 28.1 Å². The van der Waals surface area contributed by atoms with E-state index in [2.05, 4.69) is 10.6 Å². The minimum Gasteiger partial charge on any atom is -0.369 e. The molecule has 2 amide bonds. The summed E-state index contributed by atoms with van der Waals surface area (Å²) in [5, 5.41) is 15.9. The molecule has 0 heterocycles. The fourth-order valence-electron chi connectivity index (χ4n) is 2.72. The van der Waals surface area contributed by atoms with Crippen LogP contribution in [-0.2, 0) is 4.74 Å². The summed E-state index contributed by atoms with van der Waals surface area (Å²) in [6, 6.07) is 4.69. The van der Waals surface area contributed by atoms with Crippen LogP contribution in [0.2, 0.25) is 0 Å². The number of ether oxygens (including phenoxy) is 1. The minimum absolute atomic E-state index is 0.0469. The summed E-state index contributed by atoms with van der Waals surface area (Å²) in [5.74, 6) is 0. The van der Waals surface area contributed by atoms with Crippen LogP contribution < -0.4 is 10.6 Å². The van der Waals surface area contributed by atoms with Gasteiger partial charge in [-0.15, -0.1) is 0 Å². The van der Waals surface area contributed by atoms with Crippen LogP contribution in [0.5, 0.6) is 0 Å². The van der Waals surface area contributed by atoms with E-state index >= 15 is 0 Å². The highest BCUT2D eigenvalue weighted by Gasteiger charge is 2.31.